The van der Waals surface area contributed by atoms with Crippen molar-refractivity contribution in [2.24, 2.45) is 5.73 Å². The van der Waals surface area contributed by atoms with E-state index in [2.05, 4.69) is 10.6 Å². The maximum absolute atomic E-state index is 13.2. The van der Waals surface area contributed by atoms with Gasteiger partial charge in [-0.2, -0.15) is 0 Å². The second kappa shape index (κ2) is 8.61. The molecular formula is C15H18FN3O5. The molecule has 0 aliphatic heterocycles. The molecule has 0 unspecified atom stereocenters. The summed E-state index contributed by atoms with van der Waals surface area (Å²) in [5, 5.41) is 13.3. The number of primary amides is 1. The fraction of sp³-hybridized carbons (Fsp3) is 0.333. The first-order chi connectivity index (χ1) is 11.2. The summed E-state index contributed by atoms with van der Waals surface area (Å²) >= 11 is 0. The number of nitrogens with two attached hydrogens (primary N) is 1. The molecule has 0 saturated carbocycles. The molecule has 0 heterocycles. The van der Waals surface area contributed by atoms with Crippen LogP contribution in [0.3, 0.4) is 0 Å². The largest absolute Gasteiger partial charge is 0.481 e. The summed E-state index contributed by atoms with van der Waals surface area (Å²) in [5.41, 5.74) is 5.50. The molecule has 9 heteroatoms. The Kier molecular flexibility index (Phi) is 6.84. The summed E-state index contributed by atoms with van der Waals surface area (Å²) in [6.07, 6.45) is -0.727. The van der Waals surface area contributed by atoms with Gasteiger partial charge in [-0.15, -0.1) is 0 Å². The quantitative estimate of drug-likeness (QED) is 0.497. The molecule has 0 radical (unpaired) electrons. The molecule has 5 N–H and O–H groups in total. The first-order valence-electron chi connectivity index (χ1n) is 7.02. The number of rotatable bonds is 8. The monoisotopic (exact) mass is 339 g/mol. The van der Waals surface area contributed by atoms with Gasteiger partial charge in [-0.05, 0) is 17.7 Å². The maximum atomic E-state index is 13.2. The third kappa shape index (κ3) is 6.42. The standard InChI is InChI=1S/C15H18FN3O5/c1-8(20)18-12(6-9-3-2-4-10(16)5-9)15(24)19-11(14(17)23)7-13(21)22/h2-5,11-12H,6-7H2,1H3,(H2,17,23)(H,18,20)(H,19,24)(H,21,22)/t11-,12-/m1/s1. The van der Waals surface area contributed by atoms with Gasteiger partial charge in [0.2, 0.25) is 17.7 Å². The SMILES string of the molecule is CC(=O)N[C@H](Cc1cccc(F)c1)C(=O)N[C@H](CC(=O)O)C(N)=O. The van der Waals surface area contributed by atoms with Crippen molar-refractivity contribution in [3.05, 3.63) is 35.6 Å². The van der Waals surface area contributed by atoms with Crippen LogP contribution >= 0.6 is 0 Å². The van der Waals surface area contributed by atoms with Gasteiger partial charge in [-0.3, -0.25) is 19.2 Å². The first kappa shape index (κ1) is 19.1. The summed E-state index contributed by atoms with van der Waals surface area (Å²) in [6, 6.07) is 2.91. The van der Waals surface area contributed by atoms with E-state index in [1.807, 2.05) is 0 Å². The number of hydrogen-bond acceptors (Lipinski definition) is 4. The normalized spacial score (nSPS) is 12.8. The Labute approximate surface area is 137 Å². The Morgan fingerprint density at radius 3 is 2.38 bits per heavy atom. The molecule has 2 atom stereocenters. The zero-order valence-corrected chi connectivity index (χ0v) is 12.9. The highest BCUT2D eigenvalue weighted by Gasteiger charge is 2.26. The van der Waals surface area contributed by atoms with Gasteiger partial charge in [0, 0.05) is 13.3 Å². The molecule has 0 spiro atoms. The molecule has 0 aliphatic carbocycles. The van der Waals surface area contributed by atoms with E-state index < -0.39 is 48.0 Å². The summed E-state index contributed by atoms with van der Waals surface area (Å²) < 4.78 is 13.2. The molecule has 0 aliphatic rings. The fourth-order valence-corrected chi connectivity index (χ4v) is 2.02. The summed E-state index contributed by atoms with van der Waals surface area (Å²) in [5.74, 6) is -4.14. The zero-order valence-electron chi connectivity index (χ0n) is 12.9. The third-order valence-electron chi connectivity index (χ3n) is 3.06. The van der Waals surface area contributed by atoms with Crippen molar-refractivity contribution in [3.63, 3.8) is 0 Å². The molecular weight excluding hydrogens is 321 g/mol. The number of carbonyl (C=O) groups is 4. The highest BCUT2D eigenvalue weighted by Crippen LogP contribution is 2.07. The number of carbonyl (C=O) groups excluding carboxylic acids is 3. The summed E-state index contributed by atoms with van der Waals surface area (Å²) in [7, 11) is 0. The molecule has 130 valence electrons. The Bertz CT molecular complexity index is 650. The van der Waals surface area contributed by atoms with Crippen molar-refractivity contribution in [3.8, 4) is 0 Å². The van der Waals surface area contributed by atoms with Crippen LogP contribution in [-0.2, 0) is 25.6 Å². The number of aliphatic carboxylic acids is 1. The van der Waals surface area contributed by atoms with Gasteiger partial charge < -0.3 is 21.5 Å². The van der Waals surface area contributed by atoms with Crippen LogP contribution in [0, 0.1) is 5.82 Å². The van der Waals surface area contributed by atoms with Gasteiger partial charge in [-0.25, -0.2) is 4.39 Å². The Balaban J connectivity index is 2.89. The average molecular weight is 339 g/mol. The maximum Gasteiger partial charge on any atom is 0.305 e. The molecule has 24 heavy (non-hydrogen) atoms. The number of carboxylic acids is 1. The van der Waals surface area contributed by atoms with Crippen LogP contribution in [0.2, 0.25) is 0 Å². The predicted molar refractivity (Wildman–Crippen MR) is 81.1 cm³/mol. The molecule has 0 aromatic heterocycles. The van der Waals surface area contributed by atoms with Crippen molar-refractivity contribution in [2.45, 2.75) is 31.8 Å². The minimum absolute atomic E-state index is 0.0400. The highest BCUT2D eigenvalue weighted by molar-refractivity contribution is 5.93. The number of nitrogens with one attached hydrogen (secondary N) is 2. The molecule has 0 bridgehead atoms. The van der Waals surface area contributed by atoms with E-state index in [1.54, 1.807) is 6.07 Å². The molecule has 3 amide bonds. The summed E-state index contributed by atoms with van der Waals surface area (Å²) in [6.45, 7) is 1.19. The van der Waals surface area contributed by atoms with Gasteiger partial charge in [-0.1, -0.05) is 12.1 Å². The van der Waals surface area contributed by atoms with Gasteiger partial charge in [0.15, 0.2) is 0 Å². The lowest BCUT2D eigenvalue weighted by Gasteiger charge is -2.21. The third-order valence-corrected chi connectivity index (χ3v) is 3.06. The Morgan fingerprint density at radius 1 is 1.21 bits per heavy atom. The van der Waals surface area contributed by atoms with Crippen LogP contribution in [0.25, 0.3) is 0 Å². The van der Waals surface area contributed by atoms with E-state index in [0.29, 0.717) is 5.56 Å². The minimum Gasteiger partial charge on any atom is -0.481 e. The molecule has 1 rings (SSSR count). The van der Waals surface area contributed by atoms with Crippen LogP contribution in [0.1, 0.15) is 18.9 Å². The van der Waals surface area contributed by atoms with Crippen LogP contribution in [-0.4, -0.2) is 40.9 Å². The van der Waals surface area contributed by atoms with Crippen molar-refractivity contribution in [1.29, 1.82) is 0 Å². The fourth-order valence-electron chi connectivity index (χ4n) is 2.02. The van der Waals surface area contributed by atoms with Gasteiger partial charge in [0.1, 0.15) is 17.9 Å². The van der Waals surface area contributed by atoms with Crippen LogP contribution in [0.4, 0.5) is 4.39 Å². The molecule has 0 fully saturated rings. The predicted octanol–water partition coefficient (Wildman–Crippen LogP) is -0.682. The van der Waals surface area contributed by atoms with Gasteiger partial charge >= 0.3 is 5.97 Å². The lowest BCUT2D eigenvalue weighted by Crippen LogP contribution is -2.53. The number of hydrogen-bond donors (Lipinski definition) is 4. The van der Waals surface area contributed by atoms with Gasteiger partial charge in [0.25, 0.3) is 0 Å². The Morgan fingerprint density at radius 2 is 1.88 bits per heavy atom. The van der Waals surface area contributed by atoms with E-state index >= 15 is 0 Å². The first-order valence-corrected chi connectivity index (χ1v) is 7.02. The second-order valence-electron chi connectivity index (χ2n) is 5.15. The average Bonchev–Trinajstić information content (AvgIpc) is 2.44. The number of halogens is 1. The van der Waals surface area contributed by atoms with Crippen LogP contribution in [0.5, 0.6) is 0 Å². The highest BCUT2D eigenvalue weighted by atomic mass is 19.1. The van der Waals surface area contributed by atoms with E-state index in [4.69, 9.17) is 10.8 Å². The second-order valence-corrected chi connectivity index (χ2v) is 5.15. The molecule has 0 saturated heterocycles. The lowest BCUT2D eigenvalue weighted by atomic mass is 10.0. The van der Waals surface area contributed by atoms with E-state index in [1.165, 1.54) is 25.1 Å². The van der Waals surface area contributed by atoms with Gasteiger partial charge in [0.05, 0.1) is 6.42 Å². The smallest absolute Gasteiger partial charge is 0.305 e. The van der Waals surface area contributed by atoms with Crippen molar-refractivity contribution in [2.75, 3.05) is 0 Å². The van der Waals surface area contributed by atoms with E-state index in [0.717, 1.165) is 0 Å². The molecule has 1 aromatic carbocycles. The summed E-state index contributed by atoms with van der Waals surface area (Å²) in [4.78, 5) is 45.4. The number of amides is 3. The van der Waals surface area contributed by atoms with Crippen molar-refractivity contribution < 1.29 is 28.7 Å². The van der Waals surface area contributed by atoms with Crippen LogP contribution < -0.4 is 16.4 Å². The van der Waals surface area contributed by atoms with E-state index in [9.17, 15) is 23.6 Å². The van der Waals surface area contributed by atoms with Crippen LogP contribution in [0.15, 0.2) is 24.3 Å². The minimum atomic E-state index is -1.42. The van der Waals surface area contributed by atoms with Crippen molar-refractivity contribution in [1.82, 2.24) is 10.6 Å². The Hall–Kier alpha value is -2.97. The lowest BCUT2D eigenvalue weighted by molar-refractivity contribution is -0.140. The van der Waals surface area contributed by atoms with E-state index in [-0.39, 0.29) is 6.42 Å². The number of benzene rings is 1. The molecule has 8 nitrogen and oxygen atoms in total. The molecule has 1 aromatic rings. The topological polar surface area (TPSA) is 139 Å². The van der Waals surface area contributed by atoms with Crippen molar-refractivity contribution >= 4 is 23.7 Å². The zero-order chi connectivity index (χ0) is 18.3. The number of carboxylic acid groups (broad SMARTS) is 1.